The lowest BCUT2D eigenvalue weighted by atomic mass is 10.2. The zero-order chi connectivity index (χ0) is 14.8. The first-order chi connectivity index (χ1) is 9.67. The molecule has 0 radical (unpaired) electrons. The second-order valence-electron chi connectivity index (χ2n) is 3.28. The van der Waals surface area contributed by atoms with Crippen LogP contribution in [0.15, 0.2) is 34.6 Å². The van der Waals surface area contributed by atoms with E-state index in [1.807, 2.05) is 0 Å². The van der Waals surface area contributed by atoms with Gasteiger partial charge in [-0.05, 0) is 26.0 Å². The molecule has 1 aromatic carbocycles. The van der Waals surface area contributed by atoms with E-state index in [2.05, 4.69) is 30.6 Å². The number of anilines is 2. The normalized spacial score (nSPS) is 10.5. The summed E-state index contributed by atoms with van der Waals surface area (Å²) in [6, 6.07) is 6.52. The molecule has 0 saturated carbocycles. The smallest absolute Gasteiger partial charge is 0.298 e. The van der Waals surface area contributed by atoms with Gasteiger partial charge in [-0.3, -0.25) is 20.3 Å². The minimum absolute atomic E-state index is 0.334. The number of carbonyl (C=O) groups excluding carboxylic acids is 2. The maximum absolute atomic E-state index is 11.4. The summed E-state index contributed by atoms with van der Waals surface area (Å²) < 4.78 is 0. The Morgan fingerprint density at radius 2 is 1.35 bits per heavy atom. The third kappa shape index (κ3) is 5.17. The van der Waals surface area contributed by atoms with Gasteiger partial charge in [0.2, 0.25) is 0 Å². The summed E-state index contributed by atoms with van der Waals surface area (Å²) in [5.74, 6) is 0. The van der Waals surface area contributed by atoms with E-state index in [-0.39, 0.29) is 0 Å². The Hall–Kier alpha value is -2.90. The second-order valence-corrected chi connectivity index (χ2v) is 3.28. The van der Waals surface area contributed by atoms with Crippen LogP contribution in [0.25, 0.3) is 0 Å². The number of hydrogen-bond acceptors (Lipinski definition) is 6. The van der Waals surface area contributed by atoms with Gasteiger partial charge in [-0.2, -0.15) is 0 Å². The highest BCUT2D eigenvalue weighted by atomic mass is 16.7. The van der Waals surface area contributed by atoms with Gasteiger partial charge in [0.05, 0.1) is 11.4 Å². The molecule has 0 atom stereocenters. The van der Waals surface area contributed by atoms with Crippen molar-refractivity contribution in [2.45, 2.75) is 13.8 Å². The van der Waals surface area contributed by atoms with Crippen molar-refractivity contribution in [3.63, 3.8) is 0 Å². The van der Waals surface area contributed by atoms with E-state index >= 15 is 0 Å². The van der Waals surface area contributed by atoms with Gasteiger partial charge in [0.25, 0.3) is 0 Å². The first-order valence-corrected chi connectivity index (χ1v) is 5.68. The third-order valence-corrected chi connectivity index (χ3v) is 1.88. The number of oxime groups is 2. The molecule has 0 bridgehead atoms. The van der Waals surface area contributed by atoms with E-state index in [1.165, 1.54) is 12.4 Å². The summed E-state index contributed by atoms with van der Waals surface area (Å²) >= 11 is 0. The molecule has 0 aliphatic heterocycles. The van der Waals surface area contributed by atoms with Crippen LogP contribution in [0.1, 0.15) is 13.8 Å². The van der Waals surface area contributed by atoms with Crippen LogP contribution in [0.3, 0.4) is 0 Å². The molecular formula is C12H14N4O4. The number of nitrogens with zero attached hydrogens (tertiary/aromatic N) is 2. The fraction of sp³-hybridized carbons (Fsp3) is 0.167. The molecule has 0 aliphatic rings. The number of para-hydroxylation sites is 2. The largest absolute Gasteiger partial charge is 0.437 e. The summed E-state index contributed by atoms with van der Waals surface area (Å²) in [6.45, 7) is 3.21. The Labute approximate surface area is 115 Å². The Kier molecular flexibility index (Phi) is 6.25. The average Bonchev–Trinajstić information content (AvgIpc) is 2.45. The summed E-state index contributed by atoms with van der Waals surface area (Å²) in [7, 11) is 0. The number of nitrogens with one attached hydrogen (secondary N) is 2. The number of benzene rings is 1. The van der Waals surface area contributed by atoms with Crippen LogP contribution in [-0.4, -0.2) is 24.6 Å². The fourth-order valence-corrected chi connectivity index (χ4v) is 1.17. The van der Waals surface area contributed by atoms with Crippen molar-refractivity contribution in [2.75, 3.05) is 10.6 Å². The summed E-state index contributed by atoms with van der Waals surface area (Å²) in [5, 5.41) is 11.5. The quantitative estimate of drug-likeness (QED) is 0.502. The monoisotopic (exact) mass is 278 g/mol. The maximum Gasteiger partial charge on any atom is 0.437 e. The summed E-state index contributed by atoms with van der Waals surface area (Å²) in [5.41, 5.74) is 0.669. The van der Waals surface area contributed by atoms with Crippen molar-refractivity contribution in [2.24, 2.45) is 10.3 Å². The van der Waals surface area contributed by atoms with Gasteiger partial charge in [-0.1, -0.05) is 22.4 Å². The van der Waals surface area contributed by atoms with Crippen molar-refractivity contribution >= 4 is 36.0 Å². The van der Waals surface area contributed by atoms with Gasteiger partial charge in [0.1, 0.15) is 0 Å². The molecule has 0 aliphatic carbocycles. The number of carbonyl (C=O) groups is 2. The molecule has 2 amide bonds. The molecule has 20 heavy (non-hydrogen) atoms. The van der Waals surface area contributed by atoms with Crippen molar-refractivity contribution < 1.29 is 19.3 Å². The van der Waals surface area contributed by atoms with Crippen LogP contribution in [0.2, 0.25) is 0 Å². The molecule has 0 aromatic heterocycles. The minimum atomic E-state index is -0.780. The first-order valence-electron chi connectivity index (χ1n) is 5.68. The highest BCUT2D eigenvalue weighted by molar-refractivity contribution is 5.95. The van der Waals surface area contributed by atoms with Crippen LogP contribution in [0, 0.1) is 0 Å². The molecule has 0 heterocycles. The molecule has 1 aromatic rings. The van der Waals surface area contributed by atoms with Crippen LogP contribution in [0.4, 0.5) is 21.0 Å². The average molecular weight is 278 g/mol. The molecule has 1 rings (SSSR count). The van der Waals surface area contributed by atoms with Crippen molar-refractivity contribution in [3.05, 3.63) is 24.3 Å². The highest BCUT2D eigenvalue weighted by Crippen LogP contribution is 2.21. The van der Waals surface area contributed by atoms with E-state index in [1.54, 1.807) is 38.1 Å². The van der Waals surface area contributed by atoms with Gasteiger partial charge in [-0.15, -0.1) is 0 Å². The third-order valence-electron chi connectivity index (χ3n) is 1.88. The SMILES string of the molecule is C/C=N/OC(=O)Nc1ccccc1NC(=O)O/N=C/C. The Morgan fingerprint density at radius 3 is 1.70 bits per heavy atom. The lowest BCUT2D eigenvalue weighted by molar-refractivity contribution is 0.165. The van der Waals surface area contributed by atoms with Gasteiger partial charge < -0.3 is 0 Å². The van der Waals surface area contributed by atoms with E-state index in [0.717, 1.165) is 0 Å². The van der Waals surface area contributed by atoms with Gasteiger partial charge >= 0.3 is 12.2 Å². The van der Waals surface area contributed by atoms with Crippen LogP contribution >= 0.6 is 0 Å². The Bertz CT molecular complexity index is 481. The van der Waals surface area contributed by atoms with Crippen LogP contribution < -0.4 is 10.6 Å². The lowest BCUT2D eigenvalue weighted by Crippen LogP contribution is -2.16. The number of rotatable bonds is 4. The molecule has 8 heteroatoms. The molecule has 0 fully saturated rings. The summed E-state index contributed by atoms with van der Waals surface area (Å²) in [4.78, 5) is 31.7. The molecule has 2 N–H and O–H groups in total. The Balaban J connectivity index is 2.72. The first kappa shape index (κ1) is 15.2. The van der Waals surface area contributed by atoms with E-state index in [9.17, 15) is 9.59 Å². The van der Waals surface area contributed by atoms with Gasteiger partial charge in [0, 0.05) is 12.4 Å². The molecule has 0 unspecified atom stereocenters. The molecule has 0 spiro atoms. The topological polar surface area (TPSA) is 101 Å². The van der Waals surface area contributed by atoms with Crippen LogP contribution in [0.5, 0.6) is 0 Å². The highest BCUT2D eigenvalue weighted by Gasteiger charge is 2.10. The predicted octanol–water partition coefficient (Wildman–Crippen LogP) is 2.80. The van der Waals surface area contributed by atoms with Crippen LogP contribution in [-0.2, 0) is 9.68 Å². The van der Waals surface area contributed by atoms with E-state index in [4.69, 9.17) is 0 Å². The molecular weight excluding hydrogens is 264 g/mol. The van der Waals surface area contributed by atoms with E-state index < -0.39 is 12.2 Å². The number of amides is 2. The maximum atomic E-state index is 11.4. The van der Waals surface area contributed by atoms with Crippen molar-refractivity contribution in [1.82, 2.24) is 0 Å². The molecule has 0 saturated heterocycles. The molecule has 8 nitrogen and oxygen atoms in total. The number of hydrogen-bond donors (Lipinski definition) is 2. The van der Waals surface area contributed by atoms with Crippen molar-refractivity contribution in [3.8, 4) is 0 Å². The fourth-order valence-electron chi connectivity index (χ4n) is 1.17. The van der Waals surface area contributed by atoms with Crippen molar-refractivity contribution in [1.29, 1.82) is 0 Å². The minimum Gasteiger partial charge on any atom is -0.298 e. The van der Waals surface area contributed by atoms with Gasteiger partial charge in [0.15, 0.2) is 0 Å². The lowest BCUT2D eigenvalue weighted by Gasteiger charge is -2.09. The van der Waals surface area contributed by atoms with Gasteiger partial charge in [-0.25, -0.2) is 9.59 Å². The summed E-state index contributed by atoms with van der Waals surface area (Å²) in [6.07, 6.45) is 1.09. The predicted molar refractivity (Wildman–Crippen MR) is 75.0 cm³/mol. The second kappa shape index (κ2) is 8.25. The van der Waals surface area contributed by atoms with E-state index in [0.29, 0.717) is 11.4 Å². The Morgan fingerprint density at radius 1 is 0.950 bits per heavy atom. The zero-order valence-corrected chi connectivity index (χ0v) is 11.0. The molecule has 106 valence electrons. The zero-order valence-electron chi connectivity index (χ0n) is 11.0. The standard InChI is InChI=1S/C12H14N4O4/c1-3-13-19-11(17)15-9-7-5-6-8-10(9)16-12(18)20-14-4-2/h3-8H,1-2H3,(H,15,17)(H,16,18)/b13-3+,14-4+.